The fourth-order valence-electron chi connectivity index (χ4n) is 2.84. The number of para-hydroxylation sites is 1. The van der Waals surface area contributed by atoms with Crippen LogP contribution in [0, 0.1) is 5.92 Å². The van der Waals surface area contributed by atoms with Gasteiger partial charge in [0.2, 0.25) is 5.91 Å². The molecule has 1 aliphatic heterocycles. The van der Waals surface area contributed by atoms with Crippen LogP contribution in [0.5, 0.6) is 5.75 Å². The number of hydrogen-bond acceptors (Lipinski definition) is 4. The molecule has 0 saturated heterocycles. The van der Waals surface area contributed by atoms with E-state index in [0.29, 0.717) is 19.6 Å². The van der Waals surface area contributed by atoms with Crippen molar-refractivity contribution in [3.8, 4) is 5.75 Å². The number of fused-ring (bicyclic) bond motifs is 2. The average molecular weight is 308 g/mol. The number of hydrogen-bond donors (Lipinski definition) is 1. The van der Waals surface area contributed by atoms with E-state index in [1.807, 2.05) is 34.9 Å². The minimum Gasteiger partial charge on any atom is -0.492 e. The first-order chi connectivity index (χ1) is 11.3. The molecule has 23 heavy (non-hydrogen) atoms. The third kappa shape index (κ3) is 2.63. The number of imidazole rings is 1. The molecule has 2 aromatic heterocycles. The SMILES string of the molecule is O=C(NCc1cnc2cnccn12)[C@@H]1COc2ccccc2C1. The zero-order valence-electron chi connectivity index (χ0n) is 12.5. The predicted octanol–water partition coefficient (Wildman–Crippen LogP) is 1.60. The molecule has 1 amide bonds. The maximum atomic E-state index is 12.4. The van der Waals surface area contributed by atoms with Crippen LogP contribution in [0.2, 0.25) is 0 Å². The van der Waals surface area contributed by atoms with Gasteiger partial charge in [-0.25, -0.2) is 4.98 Å². The molecule has 1 aromatic carbocycles. The minimum atomic E-state index is -0.161. The Morgan fingerprint density at radius 2 is 2.26 bits per heavy atom. The molecule has 3 heterocycles. The van der Waals surface area contributed by atoms with Gasteiger partial charge in [0.15, 0.2) is 5.65 Å². The quantitative estimate of drug-likeness (QED) is 0.798. The Morgan fingerprint density at radius 3 is 3.22 bits per heavy atom. The number of carbonyl (C=O) groups is 1. The topological polar surface area (TPSA) is 68.5 Å². The van der Waals surface area contributed by atoms with Crippen LogP contribution in [0.4, 0.5) is 0 Å². The van der Waals surface area contributed by atoms with Crippen molar-refractivity contribution in [3.05, 3.63) is 60.3 Å². The summed E-state index contributed by atoms with van der Waals surface area (Å²) < 4.78 is 7.59. The summed E-state index contributed by atoms with van der Waals surface area (Å²) >= 11 is 0. The van der Waals surface area contributed by atoms with Gasteiger partial charge in [-0.05, 0) is 18.1 Å². The van der Waals surface area contributed by atoms with E-state index in [0.717, 1.165) is 22.7 Å². The molecule has 1 aliphatic rings. The highest BCUT2D eigenvalue weighted by Gasteiger charge is 2.25. The Bertz CT molecular complexity index is 858. The number of ether oxygens (including phenoxy) is 1. The summed E-state index contributed by atoms with van der Waals surface area (Å²) in [5, 5.41) is 2.98. The lowest BCUT2D eigenvalue weighted by Gasteiger charge is -2.24. The van der Waals surface area contributed by atoms with Crippen LogP contribution in [-0.2, 0) is 17.8 Å². The molecular formula is C17H16N4O2. The van der Waals surface area contributed by atoms with Crippen molar-refractivity contribution in [2.24, 2.45) is 5.92 Å². The van der Waals surface area contributed by atoms with E-state index in [9.17, 15) is 4.79 Å². The van der Waals surface area contributed by atoms with Crippen molar-refractivity contribution >= 4 is 11.6 Å². The van der Waals surface area contributed by atoms with Crippen LogP contribution < -0.4 is 10.1 Å². The molecule has 1 atom stereocenters. The third-order valence-electron chi connectivity index (χ3n) is 4.09. The van der Waals surface area contributed by atoms with Gasteiger partial charge in [0.05, 0.1) is 30.6 Å². The number of nitrogens with one attached hydrogen (secondary N) is 1. The van der Waals surface area contributed by atoms with Gasteiger partial charge in [-0.15, -0.1) is 0 Å². The first-order valence-electron chi connectivity index (χ1n) is 7.55. The fourth-order valence-corrected chi connectivity index (χ4v) is 2.84. The first-order valence-corrected chi connectivity index (χ1v) is 7.55. The van der Waals surface area contributed by atoms with Gasteiger partial charge in [-0.2, -0.15) is 0 Å². The monoisotopic (exact) mass is 308 g/mol. The van der Waals surface area contributed by atoms with Crippen LogP contribution in [0.25, 0.3) is 5.65 Å². The summed E-state index contributed by atoms with van der Waals surface area (Å²) in [6, 6.07) is 7.86. The smallest absolute Gasteiger partial charge is 0.227 e. The third-order valence-corrected chi connectivity index (χ3v) is 4.09. The van der Waals surface area contributed by atoms with Crippen LogP contribution >= 0.6 is 0 Å². The molecule has 1 N–H and O–H groups in total. The zero-order chi connectivity index (χ0) is 15.6. The number of rotatable bonds is 3. The highest BCUT2D eigenvalue weighted by atomic mass is 16.5. The minimum absolute atomic E-state index is 0.00325. The van der Waals surface area contributed by atoms with Crippen molar-refractivity contribution in [2.75, 3.05) is 6.61 Å². The van der Waals surface area contributed by atoms with Crippen LogP contribution in [0.1, 0.15) is 11.3 Å². The van der Waals surface area contributed by atoms with E-state index in [1.165, 1.54) is 0 Å². The van der Waals surface area contributed by atoms with Gasteiger partial charge in [0, 0.05) is 12.4 Å². The molecule has 6 heteroatoms. The lowest BCUT2D eigenvalue weighted by molar-refractivity contribution is -0.126. The van der Waals surface area contributed by atoms with Gasteiger partial charge in [-0.1, -0.05) is 18.2 Å². The molecule has 116 valence electrons. The average Bonchev–Trinajstić information content (AvgIpc) is 3.02. The first kappa shape index (κ1) is 13.8. The number of benzene rings is 1. The Labute approximate surface area is 133 Å². The van der Waals surface area contributed by atoms with Gasteiger partial charge in [0.1, 0.15) is 12.4 Å². The second-order valence-electron chi connectivity index (χ2n) is 5.59. The largest absolute Gasteiger partial charge is 0.492 e. The highest BCUT2D eigenvalue weighted by molar-refractivity contribution is 5.79. The second kappa shape index (κ2) is 5.72. The molecule has 0 unspecified atom stereocenters. The molecule has 0 spiro atoms. The fraction of sp³-hybridized carbons (Fsp3) is 0.235. The highest BCUT2D eigenvalue weighted by Crippen LogP contribution is 2.26. The van der Waals surface area contributed by atoms with Crippen LogP contribution in [0.3, 0.4) is 0 Å². The molecule has 0 saturated carbocycles. The number of nitrogens with zero attached hydrogens (tertiary/aromatic N) is 3. The lowest BCUT2D eigenvalue weighted by atomic mass is 9.96. The summed E-state index contributed by atoms with van der Waals surface area (Å²) in [6.07, 6.45) is 7.69. The summed E-state index contributed by atoms with van der Waals surface area (Å²) in [7, 11) is 0. The molecule has 0 aliphatic carbocycles. The van der Waals surface area contributed by atoms with Crippen LogP contribution in [-0.4, -0.2) is 26.9 Å². The maximum Gasteiger partial charge on any atom is 0.227 e. The maximum absolute atomic E-state index is 12.4. The van der Waals surface area contributed by atoms with Crippen molar-refractivity contribution in [1.82, 2.24) is 19.7 Å². The van der Waals surface area contributed by atoms with E-state index in [1.54, 1.807) is 18.6 Å². The molecule has 0 bridgehead atoms. The summed E-state index contributed by atoms with van der Waals surface area (Å²) in [6.45, 7) is 0.849. The molecule has 4 rings (SSSR count). The summed E-state index contributed by atoms with van der Waals surface area (Å²) in [4.78, 5) is 20.7. The van der Waals surface area contributed by atoms with Crippen LogP contribution in [0.15, 0.2) is 49.1 Å². The summed E-state index contributed by atoms with van der Waals surface area (Å²) in [5.74, 6) is 0.722. The second-order valence-corrected chi connectivity index (χ2v) is 5.59. The molecule has 0 radical (unpaired) electrons. The van der Waals surface area contributed by atoms with Gasteiger partial charge >= 0.3 is 0 Å². The van der Waals surface area contributed by atoms with E-state index in [2.05, 4.69) is 15.3 Å². The van der Waals surface area contributed by atoms with Gasteiger partial charge < -0.3 is 10.1 Å². The molecule has 6 nitrogen and oxygen atoms in total. The number of aromatic nitrogens is 3. The van der Waals surface area contributed by atoms with Crippen molar-refractivity contribution in [3.63, 3.8) is 0 Å². The Hall–Kier alpha value is -2.89. The number of carbonyl (C=O) groups excluding carboxylic acids is 1. The standard InChI is InChI=1S/C17H16N4O2/c22-17(13-7-12-3-1-2-4-15(12)23-11-13)20-9-14-8-19-16-10-18-5-6-21(14)16/h1-6,8,10,13H,7,9,11H2,(H,20,22)/t13-/m0/s1. The van der Waals surface area contributed by atoms with Crippen molar-refractivity contribution in [2.45, 2.75) is 13.0 Å². The molecule has 0 fully saturated rings. The van der Waals surface area contributed by atoms with E-state index < -0.39 is 0 Å². The van der Waals surface area contributed by atoms with Crippen molar-refractivity contribution in [1.29, 1.82) is 0 Å². The predicted molar refractivity (Wildman–Crippen MR) is 84.0 cm³/mol. The lowest BCUT2D eigenvalue weighted by Crippen LogP contribution is -2.37. The summed E-state index contributed by atoms with van der Waals surface area (Å²) in [5.41, 5.74) is 2.78. The van der Waals surface area contributed by atoms with E-state index in [-0.39, 0.29) is 11.8 Å². The van der Waals surface area contributed by atoms with E-state index in [4.69, 9.17) is 4.74 Å². The normalized spacial score (nSPS) is 16.6. The van der Waals surface area contributed by atoms with Gasteiger partial charge in [-0.3, -0.25) is 14.2 Å². The Morgan fingerprint density at radius 1 is 1.35 bits per heavy atom. The van der Waals surface area contributed by atoms with Crippen molar-refractivity contribution < 1.29 is 9.53 Å². The van der Waals surface area contributed by atoms with Gasteiger partial charge in [0.25, 0.3) is 0 Å². The molecular weight excluding hydrogens is 292 g/mol. The Balaban J connectivity index is 1.43. The van der Waals surface area contributed by atoms with E-state index >= 15 is 0 Å². The zero-order valence-corrected chi connectivity index (χ0v) is 12.5. The molecule has 3 aromatic rings. The Kier molecular flexibility index (Phi) is 3.42. The number of amides is 1.